The van der Waals surface area contributed by atoms with Gasteiger partial charge in [-0.15, -0.1) is 0 Å². The molecule has 0 atom stereocenters. The summed E-state index contributed by atoms with van der Waals surface area (Å²) in [6.45, 7) is 3.63. The van der Waals surface area contributed by atoms with Crippen molar-refractivity contribution < 1.29 is 0 Å². The first-order chi connectivity index (χ1) is 7.38. The fourth-order valence-corrected chi connectivity index (χ4v) is 3.05. The lowest BCUT2D eigenvalue weighted by atomic mass is 9.82. The van der Waals surface area contributed by atoms with Crippen LogP contribution in [0.3, 0.4) is 0 Å². The zero-order chi connectivity index (χ0) is 10.5. The highest BCUT2D eigenvalue weighted by atomic mass is 14.9. The largest absolute Gasteiger partial charge is 0.314 e. The Balaban J connectivity index is 1.52. The van der Waals surface area contributed by atoms with E-state index in [4.69, 9.17) is 0 Å². The molecule has 0 radical (unpaired) electrons. The van der Waals surface area contributed by atoms with Gasteiger partial charge in [-0.1, -0.05) is 32.6 Å². The highest BCUT2D eigenvalue weighted by Gasteiger charge is 2.20. The van der Waals surface area contributed by atoms with Crippen LogP contribution in [0.25, 0.3) is 0 Å². The first-order valence-corrected chi connectivity index (χ1v) is 7.12. The molecule has 2 fully saturated rings. The van der Waals surface area contributed by atoms with Crippen molar-refractivity contribution in [3.05, 3.63) is 0 Å². The molecule has 88 valence electrons. The van der Waals surface area contributed by atoms with Crippen LogP contribution in [0.1, 0.15) is 64.7 Å². The Bertz CT molecular complexity index is 166. The highest BCUT2D eigenvalue weighted by molar-refractivity contribution is 4.77. The standard InChI is InChI=1S/C14H27N/c1-2-12-6-8-14(9-7-12)15-11-10-13-4-3-5-13/h12-15H,2-11H2,1H3. The first kappa shape index (κ1) is 11.4. The van der Waals surface area contributed by atoms with E-state index in [0.29, 0.717) is 0 Å². The minimum absolute atomic E-state index is 0.855. The van der Waals surface area contributed by atoms with Gasteiger partial charge in [0.05, 0.1) is 0 Å². The molecule has 0 unspecified atom stereocenters. The van der Waals surface area contributed by atoms with Crippen LogP contribution in [0.5, 0.6) is 0 Å². The number of hydrogen-bond donors (Lipinski definition) is 1. The smallest absolute Gasteiger partial charge is 0.00672 e. The molecule has 0 aliphatic heterocycles. The molecular formula is C14H27N. The summed E-state index contributed by atoms with van der Waals surface area (Å²) in [5.74, 6) is 2.11. The summed E-state index contributed by atoms with van der Waals surface area (Å²) in [7, 11) is 0. The Kier molecular flexibility index (Phi) is 4.49. The molecule has 0 spiro atoms. The van der Waals surface area contributed by atoms with E-state index in [2.05, 4.69) is 12.2 Å². The predicted octanol–water partition coefficient (Wildman–Crippen LogP) is 3.74. The van der Waals surface area contributed by atoms with Gasteiger partial charge < -0.3 is 5.32 Å². The van der Waals surface area contributed by atoms with Gasteiger partial charge in [-0.3, -0.25) is 0 Å². The SMILES string of the molecule is CCC1CCC(NCCC2CCC2)CC1. The van der Waals surface area contributed by atoms with E-state index in [1.807, 2.05) is 0 Å². The second-order valence-corrected chi connectivity index (χ2v) is 5.67. The molecular weight excluding hydrogens is 182 g/mol. The van der Waals surface area contributed by atoms with Crippen LogP contribution in [0.2, 0.25) is 0 Å². The van der Waals surface area contributed by atoms with Gasteiger partial charge in [0.25, 0.3) is 0 Å². The van der Waals surface area contributed by atoms with Crippen molar-refractivity contribution in [3.63, 3.8) is 0 Å². The second-order valence-electron chi connectivity index (χ2n) is 5.67. The topological polar surface area (TPSA) is 12.0 Å². The average Bonchev–Trinajstić information content (AvgIpc) is 2.23. The van der Waals surface area contributed by atoms with Crippen molar-refractivity contribution >= 4 is 0 Å². The maximum atomic E-state index is 3.77. The van der Waals surface area contributed by atoms with Crippen LogP contribution in [-0.2, 0) is 0 Å². The minimum atomic E-state index is 0.855. The third-order valence-corrected chi connectivity index (χ3v) is 4.63. The summed E-state index contributed by atoms with van der Waals surface area (Å²) in [6.07, 6.45) is 13.1. The molecule has 1 nitrogen and oxygen atoms in total. The number of hydrogen-bond acceptors (Lipinski definition) is 1. The third kappa shape index (κ3) is 3.48. The van der Waals surface area contributed by atoms with E-state index < -0.39 is 0 Å². The lowest BCUT2D eigenvalue weighted by Crippen LogP contribution is -2.34. The molecule has 0 aromatic heterocycles. The summed E-state index contributed by atoms with van der Waals surface area (Å²) < 4.78 is 0. The average molecular weight is 209 g/mol. The molecule has 2 aliphatic carbocycles. The summed E-state index contributed by atoms with van der Waals surface area (Å²) in [5.41, 5.74) is 0. The van der Waals surface area contributed by atoms with Gasteiger partial charge >= 0.3 is 0 Å². The predicted molar refractivity (Wildman–Crippen MR) is 66.0 cm³/mol. The van der Waals surface area contributed by atoms with Crippen molar-refractivity contribution in [1.29, 1.82) is 0 Å². The molecule has 15 heavy (non-hydrogen) atoms. The maximum absolute atomic E-state index is 3.77. The summed E-state index contributed by atoms with van der Waals surface area (Å²) in [4.78, 5) is 0. The van der Waals surface area contributed by atoms with Crippen molar-refractivity contribution in [2.24, 2.45) is 11.8 Å². The lowest BCUT2D eigenvalue weighted by molar-refractivity contribution is 0.258. The zero-order valence-corrected chi connectivity index (χ0v) is 10.3. The fourth-order valence-electron chi connectivity index (χ4n) is 3.05. The van der Waals surface area contributed by atoms with Gasteiger partial charge in [0, 0.05) is 6.04 Å². The third-order valence-electron chi connectivity index (χ3n) is 4.63. The van der Waals surface area contributed by atoms with Gasteiger partial charge in [0.1, 0.15) is 0 Å². The lowest BCUT2D eigenvalue weighted by Gasteiger charge is -2.30. The van der Waals surface area contributed by atoms with Crippen LogP contribution >= 0.6 is 0 Å². The zero-order valence-electron chi connectivity index (χ0n) is 10.3. The molecule has 2 saturated carbocycles. The second kappa shape index (κ2) is 5.89. The Hall–Kier alpha value is -0.0400. The van der Waals surface area contributed by atoms with Gasteiger partial charge in [-0.25, -0.2) is 0 Å². The van der Waals surface area contributed by atoms with E-state index in [1.165, 1.54) is 64.3 Å². The van der Waals surface area contributed by atoms with Crippen LogP contribution in [0, 0.1) is 11.8 Å². The van der Waals surface area contributed by atoms with Crippen molar-refractivity contribution in [2.45, 2.75) is 70.8 Å². The molecule has 0 aromatic rings. The number of rotatable bonds is 5. The van der Waals surface area contributed by atoms with Crippen molar-refractivity contribution in [1.82, 2.24) is 5.32 Å². The quantitative estimate of drug-likeness (QED) is 0.727. The molecule has 0 bridgehead atoms. The molecule has 0 saturated heterocycles. The van der Waals surface area contributed by atoms with Gasteiger partial charge in [-0.2, -0.15) is 0 Å². The Morgan fingerprint density at radius 3 is 2.20 bits per heavy atom. The van der Waals surface area contributed by atoms with Crippen molar-refractivity contribution in [3.8, 4) is 0 Å². The van der Waals surface area contributed by atoms with E-state index in [1.54, 1.807) is 0 Å². The molecule has 2 aliphatic rings. The summed E-state index contributed by atoms with van der Waals surface area (Å²) >= 11 is 0. The van der Waals surface area contributed by atoms with Crippen LogP contribution in [0.15, 0.2) is 0 Å². The Morgan fingerprint density at radius 1 is 0.933 bits per heavy atom. The van der Waals surface area contributed by atoms with Gasteiger partial charge in [0.2, 0.25) is 0 Å². The molecule has 1 heteroatoms. The number of nitrogens with one attached hydrogen (secondary N) is 1. The monoisotopic (exact) mass is 209 g/mol. The van der Waals surface area contributed by atoms with Gasteiger partial charge in [-0.05, 0) is 50.5 Å². The maximum Gasteiger partial charge on any atom is 0.00672 e. The summed E-state index contributed by atoms with van der Waals surface area (Å²) in [6, 6.07) is 0.855. The van der Waals surface area contributed by atoms with Gasteiger partial charge in [0.15, 0.2) is 0 Å². The normalized spacial score (nSPS) is 32.6. The highest BCUT2D eigenvalue weighted by Crippen LogP contribution is 2.29. The van der Waals surface area contributed by atoms with Crippen LogP contribution in [-0.4, -0.2) is 12.6 Å². The van der Waals surface area contributed by atoms with E-state index in [-0.39, 0.29) is 0 Å². The van der Waals surface area contributed by atoms with E-state index in [9.17, 15) is 0 Å². The molecule has 0 amide bonds. The molecule has 0 aromatic carbocycles. The summed E-state index contributed by atoms with van der Waals surface area (Å²) in [5, 5.41) is 3.77. The van der Waals surface area contributed by atoms with E-state index in [0.717, 1.165) is 17.9 Å². The molecule has 2 rings (SSSR count). The van der Waals surface area contributed by atoms with Crippen molar-refractivity contribution in [2.75, 3.05) is 6.54 Å². The Morgan fingerprint density at radius 2 is 1.67 bits per heavy atom. The van der Waals surface area contributed by atoms with E-state index >= 15 is 0 Å². The first-order valence-electron chi connectivity index (χ1n) is 7.12. The Labute approximate surface area is 95.0 Å². The van der Waals surface area contributed by atoms with Crippen LogP contribution < -0.4 is 5.32 Å². The minimum Gasteiger partial charge on any atom is -0.314 e. The van der Waals surface area contributed by atoms with Crippen LogP contribution in [0.4, 0.5) is 0 Å². The molecule has 0 heterocycles. The molecule has 1 N–H and O–H groups in total. The fraction of sp³-hybridized carbons (Fsp3) is 1.00.